The Bertz CT molecular complexity index is 2270. The van der Waals surface area contributed by atoms with Gasteiger partial charge in [0.15, 0.2) is 0 Å². The van der Waals surface area contributed by atoms with Crippen molar-refractivity contribution in [2.24, 2.45) is 11.8 Å². The topological polar surface area (TPSA) is 44.9 Å². The van der Waals surface area contributed by atoms with Crippen molar-refractivity contribution >= 4 is 21.8 Å². The molecule has 3 atom stereocenters. The molecule has 7 rings (SSSR count). The molecular weight excluding hydrogens is 613 g/mol. The number of hydrogen-bond acceptors (Lipinski definition) is 3. The Balaban J connectivity index is 1.37. The lowest BCUT2D eigenvalue weighted by molar-refractivity contribution is 0.382. The van der Waals surface area contributed by atoms with E-state index in [-0.39, 0.29) is 10.8 Å². The number of benzene rings is 3. The van der Waals surface area contributed by atoms with Crippen LogP contribution in [0.2, 0.25) is 0 Å². The molecule has 5 nitrogen and oxygen atoms in total. The van der Waals surface area contributed by atoms with E-state index in [4.69, 9.17) is 14.8 Å². The third-order valence-electron chi connectivity index (χ3n) is 10.3. The average molecular weight is 665 g/mol. The first kappa shape index (κ1) is 33.8. The Hall–Kier alpha value is -4.64. The van der Waals surface area contributed by atoms with Gasteiger partial charge in [-0.15, -0.1) is 0 Å². The van der Waals surface area contributed by atoms with Crippen molar-refractivity contribution in [2.75, 3.05) is 0 Å². The first-order chi connectivity index (χ1) is 23.6. The zero-order valence-corrected chi connectivity index (χ0v) is 31.7. The fraction of sp³-hybridized carbons (Fsp3) is 0.378. The highest BCUT2D eigenvalue weighted by Crippen LogP contribution is 2.48. The minimum absolute atomic E-state index is 0.118. The number of rotatable bonds is 5. The highest BCUT2D eigenvalue weighted by molar-refractivity contribution is 6.09. The highest BCUT2D eigenvalue weighted by Gasteiger charge is 2.39. The smallest absolute Gasteiger partial charge is 0.137 e. The number of nitrogens with zero attached hydrogens (tertiary/aromatic N) is 4. The van der Waals surface area contributed by atoms with Crippen LogP contribution in [0.25, 0.3) is 33.3 Å². The van der Waals surface area contributed by atoms with E-state index in [2.05, 4.69) is 158 Å². The SMILES string of the molecule is CC1=CC(C)C[C@H](C)[C@@H]1c1c(C(C)(C)C)nn(-c2cc(C)cc(Oc3ccc4c5ccccc5n(-c5cc(C)ccn5)c4c3)c2)c1C(C)(C)C. The van der Waals surface area contributed by atoms with Crippen LogP contribution in [0.5, 0.6) is 11.5 Å². The summed E-state index contributed by atoms with van der Waals surface area (Å²) in [5.74, 6) is 3.94. The summed E-state index contributed by atoms with van der Waals surface area (Å²) in [6, 6.07) is 25.6. The van der Waals surface area contributed by atoms with E-state index in [9.17, 15) is 0 Å². The second-order valence-electron chi connectivity index (χ2n) is 16.9. The lowest BCUT2D eigenvalue weighted by Gasteiger charge is -2.36. The molecule has 0 fully saturated rings. The van der Waals surface area contributed by atoms with E-state index in [1.54, 1.807) is 0 Å². The standard InChI is InChI=1S/C45H52N4O/c1-27-18-19-46-39(24-27)48-37-15-13-12-14-35(37)36-17-16-33(26-38(36)48)50-34-23-29(3)22-32(25-34)49-43(45(9,10)11)41(42(47-49)44(6,7)8)40-30(4)20-28(2)21-31(40)5/h12-20,22-26,28,31,40H,21H2,1-11H3/t28?,31-,40+/m0/s1. The molecule has 0 amide bonds. The maximum Gasteiger partial charge on any atom is 0.137 e. The summed E-state index contributed by atoms with van der Waals surface area (Å²) < 4.78 is 11.2. The summed E-state index contributed by atoms with van der Waals surface area (Å²) in [4.78, 5) is 4.76. The first-order valence-corrected chi connectivity index (χ1v) is 18.2. The van der Waals surface area contributed by atoms with E-state index in [1.807, 2.05) is 12.3 Å². The summed E-state index contributed by atoms with van der Waals surface area (Å²) in [6.45, 7) is 25.3. The fourth-order valence-electron chi connectivity index (χ4n) is 8.44. The number of para-hydroxylation sites is 1. The Morgan fingerprint density at radius 1 is 0.740 bits per heavy atom. The van der Waals surface area contributed by atoms with Crippen LogP contribution in [0.1, 0.15) is 103 Å². The molecular formula is C45H52N4O. The Labute approximate surface area is 298 Å². The van der Waals surface area contributed by atoms with Gasteiger partial charge in [0.25, 0.3) is 0 Å². The molecule has 3 heterocycles. The Morgan fingerprint density at radius 3 is 2.18 bits per heavy atom. The van der Waals surface area contributed by atoms with Crippen LogP contribution in [0, 0.1) is 25.7 Å². The van der Waals surface area contributed by atoms with Crippen LogP contribution in [0.4, 0.5) is 0 Å². The number of pyridine rings is 1. The number of fused-ring (bicyclic) bond motifs is 3. The maximum absolute atomic E-state index is 6.75. The van der Waals surface area contributed by atoms with Crippen LogP contribution >= 0.6 is 0 Å². The number of aromatic nitrogens is 4. The normalized spacial score (nSPS) is 18.5. The molecule has 0 saturated heterocycles. The van der Waals surface area contributed by atoms with Crippen LogP contribution in [-0.2, 0) is 10.8 Å². The first-order valence-electron chi connectivity index (χ1n) is 18.2. The van der Waals surface area contributed by atoms with E-state index < -0.39 is 0 Å². The van der Waals surface area contributed by atoms with Gasteiger partial charge in [0.1, 0.15) is 17.3 Å². The summed E-state index contributed by atoms with van der Waals surface area (Å²) in [6.07, 6.45) is 5.56. The molecule has 0 N–H and O–H groups in total. The lowest BCUT2D eigenvalue weighted by Crippen LogP contribution is -2.27. The van der Waals surface area contributed by atoms with Gasteiger partial charge < -0.3 is 4.74 Å². The largest absolute Gasteiger partial charge is 0.457 e. The van der Waals surface area contributed by atoms with Gasteiger partial charge in [0.05, 0.1) is 28.1 Å². The molecule has 6 aromatic rings. The zero-order valence-electron chi connectivity index (χ0n) is 31.7. The minimum atomic E-state index is -0.137. The predicted octanol–water partition coefficient (Wildman–Crippen LogP) is 12.1. The summed E-state index contributed by atoms with van der Waals surface area (Å²) in [5.41, 5.74) is 10.6. The molecule has 0 aliphatic heterocycles. The minimum Gasteiger partial charge on any atom is -0.457 e. The van der Waals surface area contributed by atoms with Crippen LogP contribution in [0.15, 0.2) is 90.6 Å². The van der Waals surface area contributed by atoms with Gasteiger partial charge >= 0.3 is 0 Å². The zero-order chi connectivity index (χ0) is 35.7. The third kappa shape index (κ3) is 6.05. The molecule has 1 aliphatic carbocycles. The Kier molecular flexibility index (Phi) is 8.32. The molecule has 1 aliphatic rings. The summed E-state index contributed by atoms with van der Waals surface area (Å²) >= 11 is 0. The van der Waals surface area contributed by atoms with Crippen molar-refractivity contribution in [1.29, 1.82) is 0 Å². The third-order valence-corrected chi connectivity index (χ3v) is 10.3. The second-order valence-corrected chi connectivity index (χ2v) is 16.9. The molecule has 258 valence electrons. The van der Waals surface area contributed by atoms with Gasteiger partial charge in [-0.25, -0.2) is 9.67 Å². The number of ether oxygens (including phenoxy) is 1. The van der Waals surface area contributed by atoms with Crippen molar-refractivity contribution in [2.45, 2.75) is 99.3 Å². The van der Waals surface area contributed by atoms with E-state index in [0.717, 1.165) is 39.6 Å². The second kappa shape index (κ2) is 12.3. The van der Waals surface area contributed by atoms with Crippen molar-refractivity contribution in [3.8, 4) is 23.0 Å². The van der Waals surface area contributed by atoms with Crippen molar-refractivity contribution in [3.05, 3.63) is 119 Å². The van der Waals surface area contributed by atoms with Crippen LogP contribution in [0.3, 0.4) is 0 Å². The average Bonchev–Trinajstić information content (AvgIpc) is 3.57. The van der Waals surface area contributed by atoms with Crippen molar-refractivity contribution in [1.82, 2.24) is 19.3 Å². The lowest BCUT2D eigenvalue weighted by atomic mass is 9.68. The molecule has 0 spiro atoms. The van der Waals surface area contributed by atoms with Gasteiger partial charge in [-0.1, -0.05) is 85.2 Å². The molecule has 50 heavy (non-hydrogen) atoms. The van der Waals surface area contributed by atoms with E-state index >= 15 is 0 Å². The van der Waals surface area contributed by atoms with Gasteiger partial charge in [-0.3, -0.25) is 4.57 Å². The molecule has 0 radical (unpaired) electrons. The molecule has 0 bridgehead atoms. The molecule has 0 saturated carbocycles. The molecule has 1 unspecified atom stereocenters. The van der Waals surface area contributed by atoms with Crippen molar-refractivity contribution in [3.63, 3.8) is 0 Å². The molecule has 3 aromatic carbocycles. The summed E-state index contributed by atoms with van der Waals surface area (Å²) in [5, 5.41) is 7.88. The number of aryl methyl sites for hydroxylation is 2. The Morgan fingerprint density at radius 2 is 1.48 bits per heavy atom. The van der Waals surface area contributed by atoms with Crippen LogP contribution < -0.4 is 4.74 Å². The maximum atomic E-state index is 6.75. The van der Waals surface area contributed by atoms with Crippen LogP contribution in [-0.4, -0.2) is 19.3 Å². The quantitative estimate of drug-likeness (QED) is 0.172. The van der Waals surface area contributed by atoms with Gasteiger partial charge in [0.2, 0.25) is 0 Å². The monoisotopic (exact) mass is 664 g/mol. The van der Waals surface area contributed by atoms with Crippen molar-refractivity contribution < 1.29 is 4.74 Å². The molecule has 3 aromatic heterocycles. The van der Waals surface area contributed by atoms with Gasteiger partial charge in [0, 0.05) is 51.4 Å². The highest BCUT2D eigenvalue weighted by atomic mass is 16.5. The van der Waals surface area contributed by atoms with E-state index in [1.165, 1.54) is 45.3 Å². The van der Waals surface area contributed by atoms with E-state index in [0.29, 0.717) is 17.8 Å². The number of hydrogen-bond donors (Lipinski definition) is 0. The summed E-state index contributed by atoms with van der Waals surface area (Å²) in [7, 11) is 0. The van der Waals surface area contributed by atoms with Gasteiger partial charge in [-0.2, -0.15) is 5.10 Å². The van der Waals surface area contributed by atoms with Gasteiger partial charge in [-0.05, 0) is 92.6 Å². The predicted molar refractivity (Wildman–Crippen MR) is 209 cm³/mol. The number of allylic oxidation sites excluding steroid dienone is 2. The molecule has 5 heteroatoms. The fourth-order valence-corrected chi connectivity index (χ4v) is 8.44.